The molecule has 2 bridgehead atoms. The number of alkyl halides is 2. The number of carbonyl (C=O) groups is 1. The molecule has 2 atom stereocenters. The summed E-state index contributed by atoms with van der Waals surface area (Å²) < 4.78 is 85.3. The summed E-state index contributed by atoms with van der Waals surface area (Å²) in [6.45, 7) is 5.20. The first kappa shape index (κ1) is 26.6. The number of amides is 1. The van der Waals surface area contributed by atoms with Crippen molar-refractivity contribution in [3.8, 4) is 22.6 Å². The van der Waals surface area contributed by atoms with Crippen LogP contribution in [-0.2, 0) is 21.2 Å². The van der Waals surface area contributed by atoms with Crippen molar-refractivity contribution in [1.29, 1.82) is 0 Å². The van der Waals surface area contributed by atoms with Crippen LogP contribution in [0.5, 0.6) is 11.5 Å². The lowest BCUT2D eigenvalue weighted by Crippen LogP contribution is -2.70. The molecule has 0 radical (unpaired) electrons. The minimum atomic E-state index is -3.87. The lowest BCUT2D eigenvalue weighted by molar-refractivity contribution is -0.286. The molecule has 2 aromatic rings. The van der Waals surface area contributed by atoms with Gasteiger partial charge in [-0.25, -0.2) is 22.3 Å². The Morgan fingerprint density at radius 3 is 2.45 bits per heavy atom. The van der Waals surface area contributed by atoms with Crippen LogP contribution >= 0.6 is 0 Å². The maximum atomic E-state index is 16.0. The molecule has 12 heteroatoms. The van der Waals surface area contributed by atoms with Crippen molar-refractivity contribution in [1.82, 2.24) is 9.62 Å². The zero-order valence-electron chi connectivity index (χ0n) is 21.3. The Hall–Kier alpha value is -2.99. The van der Waals surface area contributed by atoms with Gasteiger partial charge in [-0.15, -0.1) is 8.78 Å². The monoisotopic (exact) mass is 554 g/mol. The molecule has 3 aliphatic heterocycles. The fraction of sp³-hybridized carbons (Fsp3) is 0.500. The van der Waals surface area contributed by atoms with E-state index in [4.69, 9.17) is 4.74 Å². The molecule has 0 unspecified atom stereocenters. The summed E-state index contributed by atoms with van der Waals surface area (Å²) in [7, 11) is -3.64. The number of ether oxygens (including phenoxy) is 3. The largest absolute Gasteiger partial charge is 0.586 e. The van der Waals surface area contributed by atoms with Crippen molar-refractivity contribution in [3.63, 3.8) is 0 Å². The van der Waals surface area contributed by atoms with E-state index in [1.165, 1.54) is 35.2 Å². The molecule has 0 spiro atoms. The van der Waals surface area contributed by atoms with Gasteiger partial charge in [0, 0.05) is 23.2 Å². The number of piperidine rings is 2. The Balaban J connectivity index is 1.52. The number of nitrogens with zero attached hydrogens (tertiary/aromatic N) is 1. The Kier molecular flexibility index (Phi) is 6.33. The highest BCUT2D eigenvalue weighted by Crippen LogP contribution is 2.48. The normalized spacial score (nSPS) is 25.6. The fourth-order valence-corrected chi connectivity index (χ4v) is 6.35. The van der Waals surface area contributed by atoms with Crippen LogP contribution in [0, 0.1) is 11.7 Å². The number of benzene rings is 2. The molecule has 3 heterocycles. The molecule has 0 aromatic heterocycles. The van der Waals surface area contributed by atoms with Gasteiger partial charge in [0.25, 0.3) is 0 Å². The van der Waals surface area contributed by atoms with Gasteiger partial charge in [-0.2, -0.15) is 0 Å². The molecule has 206 valence electrons. The van der Waals surface area contributed by atoms with Gasteiger partial charge in [-0.3, -0.25) is 0 Å². The Morgan fingerprint density at radius 2 is 1.79 bits per heavy atom. The summed E-state index contributed by atoms with van der Waals surface area (Å²) in [5.41, 5.74) is -0.505. The second kappa shape index (κ2) is 9.04. The first-order valence-corrected chi connectivity index (χ1v) is 14.2. The van der Waals surface area contributed by atoms with Gasteiger partial charge in [0.1, 0.15) is 11.4 Å². The van der Waals surface area contributed by atoms with E-state index >= 15 is 4.39 Å². The van der Waals surface area contributed by atoms with Gasteiger partial charge in [-0.1, -0.05) is 30.3 Å². The molecule has 1 amide bonds. The smallest absolute Gasteiger partial charge is 0.444 e. The zero-order valence-corrected chi connectivity index (χ0v) is 22.2. The van der Waals surface area contributed by atoms with E-state index in [0.717, 1.165) is 6.26 Å². The molecular weight excluding hydrogens is 525 g/mol. The van der Waals surface area contributed by atoms with Gasteiger partial charge in [-0.05, 0) is 57.6 Å². The van der Waals surface area contributed by atoms with E-state index in [1.807, 2.05) is 0 Å². The van der Waals surface area contributed by atoms with Crippen LogP contribution in [-0.4, -0.2) is 55.7 Å². The quantitative estimate of drug-likeness (QED) is 0.577. The van der Waals surface area contributed by atoms with E-state index in [0.29, 0.717) is 12.8 Å². The molecule has 38 heavy (non-hydrogen) atoms. The van der Waals surface area contributed by atoms with Crippen molar-refractivity contribution in [2.45, 2.75) is 70.1 Å². The number of sulfonamides is 1. The highest BCUT2D eigenvalue weighted by atomic mass is 32.2. The lowest BCUT2D eigenvalue weighted by atomic mass is 9.67. The van der Waals surface area contributed by atoms with Crippen molar-refractivity contribution in [3.05, 3.63) is 47.8 Å². The number of hydrogen-bond donors (Lipinski definition) is 1. The minimum absolute atomic E-state index is 0.0121. The Morgan fingerprint density at radius 1 is 1.13 bits per heavy atom. The summed E-state index contributed by atoms with van der Waals surface area (Å²) in [4.78, 5) is 14.8. The molecule has 1 N–H and O–H groups in total. The first-order chi connectivity index (χ1) is 17.6. The first-order valence-electron chi connectivity index (χ1n) is 12.3. The second-order valence-electron chi connectivity index (χ2n) is 11.0. The third-order valence-corrected chi connectivity index (χ3v) is 7.70. The number of hydrogen-bond acceptors (Lipinski definition) is 6. The third-order valence-electron chi connectivity index (χ3n) is 7.00. The molecule has 4 aliphatic rings. The van der Waals surface area contributed by atoms with Crippen LogP contribution in [0.25, 0.3) is 11.1 Å². The van der Waals surface area contributed by atoms with Crippen molar-refractivity contribution in [2.75, 3.05) is 6.26 Å². The van der Waals surface area contributed by atoms with Gasteiger partial charge in [0.05, 0.1) is 12.3 Å². The molecule has 2 aromatic carbocycles. The number of nitrogens with one attached hydrogen (secondary N) is 1. The van der Waals surface area contributed by atoms with Crippen LogP contribution in [0.4, 0.5) is 18.0 Å². The van der Waals surface area contributed by atoms with E-state index in [-0.39, 0.29) is 46.6 Å². The van der Waals surface area contributed by atoms with Crippen LogP contribution in [0.2, 0.25) is 0 Å². The lowest BCUT2D eigenvalue weighted by Gasteiger charge is -2.57. The molecule has 1 aliphatic carbocycles. The van der Waals surface area contributed by atoms with E-state index < -0.39 is 45.9 Å². The van der Waals surface area contributed by atoms with Gasteiger partial charge < -0.3 is 19.1 Å². The Bertz CT molecular complexity index is 1370. The fourth-order valence-electron chi connectivity index (χ4n) is 5.51. The number of carbonyl (C=O) groups excluding carboxylic acids is 1. The van der Waals surface area contributed by atoms with Crippen molar-refractivity contribution in [2.24, 2.45) is 5.92 Å². The second-order valence-corrected chi connectivity index (χ2v) is 12.8. The van der Waals surface area contributed by atoms with E-state index in [9.17, 15) is 22.0 Å². The summed E-state index contributed by atoms with van der Waals surface area (Å²) >= 11 is 0. The van der Waals surface area contributed by atoms with Crippen molar-refractivity contribution < 1.29 is 40.6 Å². The maximum absolute atomic E-state index is 16.0. The molecule has 3 fully saturated rings. The summed E-state index contributed by atoms with van der Waals surface area (Å²) in [5, 5.41) is 0. The van der Waals surface area contributed by atoms with E-state index in [2.05, 4.69) is 14.2 Å². The molecule has 2 saturated heterocycles. The number of halogens is 3. The van der Waals surface area contributed by atoms with Gasteiger partial charge >= 0.3 is 12.4 Å². The molecule has 6 rings (SSSR count). The number of fused-ring (bicyclic) bond motifs is 3. The highest BCUT2D eigenvalue weighted by Gasteiger charge is 2.54. The predicted octanol–water partition coefficient (Wildman–Crippen LogP) is 4.67. The topological polar surface area (TPSA) is 94.2 Å². The average molecular weight is 555 g/mol. The van der Waals surface area contributed by atoms with E-state index in [1.54, 1.807) is 26.8 Å². The zero-order chi connectivity index (χ0) is 27.6. The Labute approximate surface area is 219 Å². The summed E-state index contributed by atoms with van der Waals surface area (Å²) in [5.74, 6) is -1.20. The summed E-state index contributed by atoms with van der Waals surface area (Å²) in [6.07, 6.45) is -2.24. The average Bonchev–Trinajstić information content (AvgIpc) is 3.06. The molecule has 1 saturated carbocycles. The number of rotatable bonds is 5. The number of para-hydroxylation sites is 1. The predicted molar refractivity (Wildman–Crippen MR) is 132 cm³/mol. The minimum Gasteiger partial charge on any atom is -0.444 e. The van der Waals surface area contributed by atoms with Gasteiger partial charge in [0.2, 0.25) is 10.0 Å². The van der Waals surface area contributed by atoms with Crippen LogP contribution in [0.3, 0.4) is 0 Å². The molecular formula is C26H29F3N2O6S. The van der Waals surface area contributed by atoms with Gasteiger partial charge in [0.15, 0.2) is 11.5 Å². The van der Waals surface area contributed by atoms with Crippen LogP contribution in [0.1, 0.15) is 39.2 Å². The summed E-state index contributed by atoms with van der Waals surface area (Å²) in [6, 6.07) is 7.20. The van der Waals surface area contributed by atoms with Crippen molar-refractivity contribution >= 4 is 16.1 Å². The van der Waals surface area contributed by atoms with Crippen LogP contribution in [0.15, 0.2) is 36.4 Å². The molecule has 8 nitrogen and oxygen atoms in total. The van der Waals surface area contributed by atoms with Crippen LogP contribution < -0.4 is 14.2 Å². The standard InChI is InChI=1S/C26H29F3N2O6S/c1-25(2,3)37-24(32)31-16-11-15(12-16)22(30-38(4,33)34)19(31)13-14-7-5-8-17(21(14)27)18-9-6-10-20-23(18)36-26(28,29)35-20/h5-10,15-16,19,22,30H,11-13H2,1-4H3/t15?,16?,19-,22-/m0/s1. The highest BCUT2D eigenvalue weighted by molar-refractivity contribution is 7.88. The SMILES string of the molecule is CC(C)(C)OC(=O)N1C2CC(C2)[C@H](NS(C)(=O)=O)[C@@H]1Cc1cccc(-c2cccc3c2OC(F)(F)O3)c1F. The maximum Gasteiger partial charge on any atom is 0.586 e. The third kappa shape index (κ3) is 5.15.